The number of allylic oxidation sites excluding steroid dienone is 10. The highest BCUT2D eigenvalue weighted by molar-refractivity contribution is 5.42. The van der Waals surface area contributed by atoms with Crippen molar-refractivity contribution in [1.29, 1.82) is 0 Å². The largest absolute Gasteiger partial charge is 0.459 e. The SMILES string of the molecule is C=C(N)/C=C\C(=C)OC(=C)/C=C\C(=C)C1(C(=C)/C=C\C(=C)OC(=C)/C=C\C(=C)N)CCC(c2ccccc2)CC1. The molecule has 1 aromatic rings. The summed E-state index contributed by atoms with van der Waals surface area (Å²) in [6.07, 6.45) is 17.8. The number of benzene rings is 1. The van der Waals surface area contributed by atoms with E-state index in [4.69, 9.17) is 20.9 Å². The molecule has 0 unspecified atom stereocenters. The molecule has 208 valence electrons. The lowest BCUT2D eigenvalue weighted by Gasteiger charge is -2.42. The van der Waals surface area contributed by atoms with E-state index in [9.17, 15) is 0 Å². The van der Waals surface area contributed by atoms with Gasteiger partial charge in [-0.15, -0.1) is 0 Å². The predicted octanol–water partition coefficient (Wildman–Crippen LogP) is 8.70. The standard InChI is InChI=1S/C36H42N2O2/c1-26(14-18-30(5)39-32(7)20-16-28(3)37)36(24-22-35(23-25-36)34-12-10-9-11-13-34)27(2)15-19-31(6)40-33(8)21-17-29(4)38/h9-21,35H,1-8,22-25,37-38H2/b18-14-,19-15-,20-16-,21-17-. The van der Waals surface area contributed by atoms with Crippen molar-refractivity contribution >= 4 is 0 Å². The molecule has 0 spiro atoms. The summed E-state index contributed by atoms with van der Waals surface area (Å²) in [5.74, 6) is 2.16. The fraction of sp³-hybridized carbons (Fsp3) is 0.167. The van der Waals surface area contributed by atoms with Gasteiger partial charge in [0, 0.05) is 16.8 Å². The van der Waals surface area contributed by atoms with Crippen molar-refractivity contribution in [2.45, 2.75) is 31.6 Å². The summed E-state index contributed by atoms with van der Waals surface area (Å²) >= 11 is 0. The van der Waals surface area contributed by atoms with Gasteiger partial charge in [-0.05, 0) is 84.8 Å². The highest BCUT2D eigenvalue weighted by Crippen LogP contribution is 2.51. The lowest BCUT2D eigenvalue weighted by molar-refractivity contribution is 0.275. The molecule has 40 heavy (non-hydrogen) atoms. The first kappa shape index (κ1) is 31.5. The Morgan fingerprint density at radius 2 is 0.975 bits per heavy atom. The van der Waals surface area contributed by atoms with E-state index in [0.29, 0.717) is 40.3 Å². The number of hydrogen-bond acceptors (Lipinski definition) is 4. The second-order valence-corrected chi connectivity index (χ2v) is 9.87. The van der Waals surface area contributed by atoms with Crippen LogP contribution in [0.3, 0.4) is 0 Å². The van der Waals surface area contributed by atoms with Gasteiger partial charge in [-0.1, -0.05) is 95.1 Å². The highest BCUT2D eigenvalue weighted by Gasteiger charge is 2.38. The molecule has 4 nitrogen and oxygen atoms in total. The molecule has 0 aliphatic heterocycles. The lowest BCUT2D eigenvalue weighted by atomic mass is 9.62. The van der Waals surface area contributed by atoms with Gasteiger partial charge in [0.15, 0.2) is 0 Å². The molecule has 0 saturated heterocycles. The first-order chi connectivity index (χ1) is 18.9. The van der Waals surface area contributed by atoms with Crippen LogP contribution in [-0.2, 0) is 9.47 Å². The van der Waals surface area contributed by atoms with Gasteiger partial charge in [0.2, 0.25) is 0 Å². The van der Waals surface area contributed by atoms with E-state index in [-0.39, 0.29) is 5.41 Å². The first-order valence-electron chi connectivity index (χ1n) is 13.1. The van der Waals surface area contributed by atoms with Crippen LogP contribution in [0, 0.1) is 5.41 Å². The average Bonchev–Trinajstić information content (AvgIpc) is 2.92. The fourth-order valence-corrected chi connectivity index (χ4v) is 4.60. The van der Waals surface area contributed by atoms with E-state index in [1.165, 1.54) is 5.56 Å². The monoisotopic (exact) mass is 534 g/mol. The molecule has 0 heterocycles. The van der Waals surface area contributed by atoms with Crippen molar-refractivity contribution in [2.24, 2.45) is 16.9 Å². The van der Waals surface area contributed by atoms with E-state index < -0.39 is 0 Å². The summed E-state index contributed by atoms with van der Waals surface area (Å²) in [6.45, 7) is 31.8. The van der Waals surface area contributed by atoms with Crippen LogP contribution in [0.15, 0.2) is 177 Å². The van der Waals surface area contributed by atoms with Gasteiger partial charge in [-0.25, -0.2) is 0 Å². The van der Waals surface area contributed by atoms with Crippen LogP contribution in [0.4, 0.5) is 0 Å². The van der Waals surface area contributed by atoms with Gasteiger partial charge in [0.05, 0.1) is 0 Å². The molecule has 1 aliphatic carbocycles. The predicted molar refractivity (Wildman–Crippen MR) is 170 cm³/mol. The Hall–Kier alpha value is -4.70. The van der Waals surface area contributed by atoms with Gasteiger partial charge >= 0.3 is 0 Å². The smallest absolute Gasteiger partial charge is 0.120 e. The van der Waals surface area contributed by atoms with Gasteiger partial charge in [-0.2, -0.15) is 0 Å². The van der Waals surface area contributed by atoms with Crippen LogP contribution in [0.1, 0.15) is 37.2 Å². The third-order valence-corrected chi connectivity index (χ3v) is 6.77. The van der Waals surface area contributed by atoms with E-state index in [1.807, 2.05) is 18.2 Å². The van der Waals surface area contributed by atoms with Crippen molar-refractivity contribution in [3.63, 3.8) is 0 Å². The zero-order valence-corrected chi connectivity index (χ0v) is 23.5. The van der Waals surface area contributed by atoms with Crippen LogP contribution in [-0.4, -0.2) is 0 Å². The topological polar surface area (TPSA) is 70.5 Å². The van der Waals surface area contributed by atoms with Crippen molar-refractivity contribution in [3.8, 4) is 0 Å². The quantitative estimate of drug-likeness (QED) is 0.174. The van der Waals surface area contributed by atoms with E-state index >= 15 is 0 Å². The third kappa shape index (κ3) is 9.88. The summed E-state index contributed by atoms with van der Waals surface area (Å²) in [5.41, 5.74) is 14.8. The zero-order valence-electron chi connectivity index (χ0n) is 23.5. The van der Waals surface area contributed by atoms with Gasteiger partial charge in [0.25, 0.3) is 0 Å². The maximum Gasteiger partial charge on any atom is 0.120 e. The van der Waals surface area contributed by atoms with E-state index in [0.717, 1.165) is 36.8 Å². The Morgan fingerprint density at radius 3 is 1.35 bits per heavy atom. The summed E-state index contributed by atoms with van der Waals surface area (Å²) in [7, 11) is 0. The van der Waals surface area contributed by atoms with Crippen LogP contribution < -0.4 is 11.5 Å². The van der Waals surface area contributed by atoms with Crippen LogP contribution >= 0.6 is 0 Å². The van der Waals surface area contributed by atoms with E-state index in [1.54, 1.807) is 36.5 Å². The second kappa shape index (κ2) is 15.0. The first-order valence-corrected chi connectivity index (χ1v) is 13.1. The molecule has 0 amide bonds. The number of rotatable bonds is 15. The summed E-state index contributed by atoms with van der Waals surface area (Å²) < 4.78 is 11.3. The Morgan fingerprint density at radius 1 is 0.600 bits per heavy atom. The molecule has 1 aliphatic rings. The fourth-order valence-electron chi connectivity index (χ4n) is 4.60. The molecule has 1 fully saturated rings. The zero-order chi connectivity index (χ0) is 29.7. The average molecular weight is 535 g/mol. The van der Waals surface area contributed by atoms with E-state index in [2.05, 4.69) is 76.9 Å². The molecule has 1 aromatic carbocycles. The Balaban J connectivity index is 2.20. The lowest BCUT2D eigenvalue weighted by Crippen LogP contribution is -2.29. The van der Waals surface area contributed by atoms with Gasteiger partial charge < -0.3 is 20.9 Å². The van der Waals surface area contributed by atoms with Gasteiger partial charge in [0.1, 0.15) is 23.0 Å². The Labute approximate surface area is 240 Å². The molecule has 0 atom stereocenters. The molecule has 4 N–H and O–H groups in total. The molecular weight excluding hydrogens is 492 g/mol. The molecule has 1 saturated carbocycles. The van der Waals surface area contributed by atoms with Crippen LogP contribution in [0.2, 0.25) is 0 Å². The molecular formula is C36H42N2O2. The third-order valence-electron chi connectivity index (χ3n) is 6.77. The number of ether oxygens (including phenoxy) is 2. The molecule has 0 bridgehead atoms. The van der Waals surface area contributed by atoms with Crippen molar-refractivity contribution in [3.05, 3.63) is 183 Å². The minimum Gasteiger partial charge on any atom is -0.459 e. The molecule has 0 aromatic heterocycles. The Bertz CT molecular complexity index is 1220. The maximum atomic E-state index is 5.67. The Kier molecular flexibility index (Phi) is 11.8. The number of hydrogen-bond donors (Lipinski definition) is 2. The maximum absolute atomic E-state index is 5.67. The minimum absolute atomic E-state index is 0.346. The van der Waals surface area contributed by atoms with Crippen LogP contribution in [0.25, 0.3) is 0 Å². The van der Waals surface area contributed by atoms with Gasteiger partial charge in [-0.3, -0.25) is 0 Å². The highest BCUT2D eigenvalue weighted by atomic mass is 16.5. The van der Waals surface area contributed by atoms with Crippen LogP contribution in [0.5, 0.6) is 0 Å². The molecule has 4 heteroatoms. The van der Waals surface area contributed by atoms with Crippen molar-refractivity contribution < 1.29 is 9.47 Å². The molecule has 2 rings (SSSR count). The summed E-state index contributed by atoms with van der Waals surface area (Å²) in [6, 6.07) is 10.6. The van der Waals surface area contributed by atoms with Crippen molar-refractivity contribution in [2.75, 3.05) is 0 Å². The minimum atomic E-state index is -0.346. The van der Waals surface area contributed by atoms with Crippen molar-refractivity contribution in [1.82, 2.24) is 0 Å². The summed E-state index contributed by atoms with van der Waals surface area (Å²) in [5, 5.41) is 0. The second-order valence-electron chi connectivity index (χ2n) is 9.87. The normalized spacial score (nSPS) is 15.3. The number of nitrogens with two attached hydrogens (primary N) is 2. The molecule has 0 radical (unpaired) electrons. The summed E-state index contributed by atoms with van der Waals surface area (Å²) in [4.78, 5) is 0.